The quantitative estimate of drug-likeness (QED) is 0.746. The summed E-state index contributed by atoms with van der Waals surface area (Å²) in [5.74, 6) is 0. The van der Waals surface area contributed by atoms with Gasteiger partial charge >= 0.3 is 6.18 Å². The minimum Gasteiger partial charge on any atom is -0.315 e. The summed E-state index contributed by atoms with van der Waals surface area (Å²) in [7, 11) is 0. The predicted octanol–water partition coefficient (Wildman–Crippen LogP) is 2.01. The van der Waals surface area contributed by atoms with Gasteiger partial charge in [-0.1, -0.05) is 0 Å². The first-order chi connectivity index (χ1) is 5.41. The molecule has 0 saturated heterocycles. The van der Waals surface area contributed by atoms with Crippen molar-refractivity contribution in [3.63, 3.8) is 0 Å². The molecule has 0 aliphatic rings. The smallest absolute Gasteiger partial charge is 0.315 e. The lowest BCUT2D eigenvalue weighted by Crippen LogP contribution is -2.28. The number of alkyl halides is 3. The van der Waals surface area contributed by atoms with E-state index in [1.165, 1.54) is 5.38 Å². The lowest BCUT2D eigenvalue weighted by atomic mass is 10.2. The molecule has 1 unspecified atom stereocenters. The molecule has 0 fully saturated rings. The Morgan fingerprint density at radius 1 is 1.58 bits per heavy atom. The Bertz CT molecular complexity index is 268. The van der Waals surface area contributed by atoms with Gasteiger partial charge in [-0.15, -0.1) is 11.3 Å². The Morgan fingerprint density at radius 3 is 2.50 bits per heavy atom. The van der Waals surface area contributed by atoms with Crippen LogP contribution in [0.3, 0.4) is 0 Å². The Kier molecular flexibility index (Phi) is 2.39. The van der Waals surface area contributed by atoms with Crippen LogP contribution in [0, 0.1) is 6.92 Å². The van der Waals surface area contributed by atoms with Gasteiger partial charge in [-0.3, -0.25) is 0 Å². The molecular formula is C6H7F3N2S. The van der Waals surface area contributed by atoms with Crippen molar-refractivity contribution in [1.82, 2.24) is 4.98 Å². The molecule has 0 aromatic carbocycles. The summed E-state index contributed by atoms with van der Waals surface area (Å²) in [6.07, 6.45) is -4.40. The van der Waals surface area contributed by atoms with Crippen LogP contribution in [0.25, 0.3) is 0 Å². The highest BCUT2D eigenvalue weighted by atomic mass is 32.1. The lowest BCUT2D eigenvalue weighted by molar-refractivity contribution is -0.149. The molecule has 0 aliphatic heterocycles. The molecule has 1 rings (SSSR count). The summed E-state index contributed by atoms with van der Waals surface area (Å²) in [5.41, 5.74) is 4.80. The topological polar surface area (TPSA) is 38.9 Å². The van der Waals surface area contributed by atoms with Crippen LogP contribution in [0.15, 0.2) is 5.38 Å². The summed E-state index contributed by atoms with van der Waals surface area (Å²) in [6.45, 7) is 1.64. The maximum atomic E-state index is 12.0. The summed E-state index contributed by atoms with van der Waals surface area (Å²) < 4.78 is 36.0. The molecule has 2 N–H and O–H groups in total. The van der Waals surface area contributed by atoms with E-state index in [0.29, 0.717) is 5.01 Å². The van der Waals surface area contributed by atoms with Crippen molar-refractivity contribution < 1.29 is 13.2 Å². The van der Waals surface area contributed by atoms with E-state index in [4.69, 9.17) is 5.73 Å². The fourth-order valence-electron chi connectivity index (χ4n) is 0.691. The van der Waals surface area contributed by atoms with Gasteiger partial charge in [-0.05, 0) is 6.92 Å². The molecule has 1 heterocycles. The van der Waals surface area contributed by atoms with Crippen LogP contribution >= 0.6 is 11.3 Å². The maximum Gasteiger partial charge on any atom is 0.409 e. The second-order valence-electron chi connectivity index (χ2n) is 2.31. The molecule has 68 valence electrons. The largest absolute Gasteiger partial charge is 0.409 e. The van der Waals surface area contributed by atoms with Crippen molar-refractivity contribution >= 4 is 11.3 Å². The molecular weight excluding hydrogens is 189 g/mol. The van der Waals surface area contributed by atoms with Crippen LogP contribution in [-0.4, -0.2) is 11.2 Å². The van der Waals surface area contributed by atoms with Crippen LogP contribution in [0.4, 0.5) is 13.2 Å². The molecule has 0 radical (unpaired) electrons. The molecule has 0 aliphatic carbocycles. The van der Waals surface area contributed by atoms with Gasteiger partial charge in [0.05, 0.1) is 10.7 Å². The third kappa shape index (κ3) is 1.95. The van der Waals surface area contributed by atoms with Crippen LogP contribution < -0.4 is 5.73 Å². The van der Waals surface area contributed by atoms with Gasteiger partial charge in [-0.25, -0.2) is 4.98 Å². The Labute approximate surface area is 71.2 Å². The van der Waals surface area contributed by atoms with E-state index in [0.717, 1.165) is 11.3 Å². The average molecular weight is 196 g/mol. The Balaban J connectivity index is 2.85. The number of rotatable bonds is 1. The standard InChI is InChI=1S/C6H7F3N2S/c1-3-11-4(2-12-3)5(10)6(7,8)9/h2,5H,10H2,1H3. The summed E-state index contributed by atoms with van der Waals surface area (Å²) in [5, 5.41) is 1.91. The van der Waals surface area contributed by atoms with Gasteiger partial charge in [0.2, 0.25) is 0 Å². The number of aryl methyl sites for hydroxylation is 1. The zero-order chi connectivity index (χ0) is 9.35. The number of nitrogens with two attached hydrogens (primary N) is 1. The fraction of sp³-hybridized carbons (Fsp3) is 0.500. The molecule has 0 bridgehead atoms. The highest BCUT2D eigenvalue weighted by molar-refractivity contribution is 7.09. The first-order valence-electron chi connectivity index (χ1n) is 3.15. The molecule has 1 aromatic heterocycles. The van der Waals surface area contributed by atoms with Gasteiger partial charge in [0.25, 0.3) is 0 Å². The number of aromatic nitrogens is 1. The first kappa shape index (κ1) is 9.47. The summed E-state index contributed by atoms with van der Waals surface area (Å²) in [4.78, 5) is 3.65. The molecule has 1 aromatic rings. The van der Waals surface area contributed by atoms with Gasteiger partial charge in [-0.2, -0.15) is 13.2 Å². The van der Waals surface area contributed by atoms with E-state index in [9.17, 15) is 13.2 Å². The van der Waals surface area contributed by atoms with Crippen molar-refractivity contribution in [1.29, 1.82) is 0 Å². The highest BCUT2D eigenvalue weighted by Crippen LogP contribution is 2.30. The lowest BCUT2D eigenvalue weighted by Gasteiger charge is -2.12. The van der Waals surface area contributed by atoms with Crippen molar-refractivity contribution in [2.75, 3.05) is 0 Å². The number of hydrogen-bond donors (Lipinski definition) is 1. The molecule has 0 spiro atoms. The normalized spacial score (nSPS) is 14.8. The van der Waals surface area contributed by atoms with Crippen LogP contribution in [0.1, 0.15) is 16.7 Å². The van der Waals surface area contributed by atoms with Crippen molar-refractivity contribution in [3.05, 3.63) is 16.1 Å². The Hall–Kier alpha value is -0.620. The van der Waals surface area contributed by atoms with E-state index in [1.807, 2.05) is 0 Å². The van der Waals surface area contributed by atoms with Crippen LogP contribution in [0.5, 0.6) is 0 Å². The first-order valence-corrected chi connectivity index (χ1v) is 4.03. The Morgan fingerprint density at radius 2 is 2.17 bits per heavy atom. The maximum absolute atomic E-state index is 12.0. The second-order valence-corrected chi connectivity index (χ2v) is 3.37. The average Bonchev–Trinajstić information content (AvgIpc) is 2.32. The number of nitrogens with zero attached hydrogens (tertiary/aromatic N) is 1. The molecule has 0 amide bonds. The molecule has 12 heavy (non-hydrogen) atoms. The van der Waals surface area contributed by atoms with E-state index in [2.05, 4.69) is 4.98 Å². The van der Waals surface area contributed by atoms with E-state index in [-0.39, 0.29) is 5.69 Å². The van der Waals surface area contributed by atoms with E-state index in [1.54, 1.807) is 6.92 Å². The van der Waals surface area contributed by atoms with Gasteiger partial charge in [0.1, 0.15) is 6.04 Å². The second kappa shape index (κ2) is 3.02. The zero-order valence-corrected chi connectivity index (χ0v) is 7.04. The highest BCUT2D eigenvalue weighted by Gasteiger charge is 2.39. The monoisotopic (exact) mass is 196 g/mol. The molecule has 6 heteroatoms. The SMILES string of the molecule is Cc1nc(C(N)C(F)(F)F)cs1. The van der Waals surface area contributed by atoms with Crippen molar-refractivity contribution in [2.45, 2.75) is 19.1 Å². The third-order valence-corrected chi connectivity index (χ3v) is 2.10. The zero-order valence-electron chi connectivity index (χ0n) is 6.22. The van der Waals surface area contributed by atoms with Gasteiger partial charge in [0, 0.05) is 5.38 Å². The van der Waals surface area contributed by atoms with E-state index >= 15 is 0 Å². The van der Waals surface area contributed by atoms with Gasteiger partial charge in [0.15, 0.2) is 0 Å². The third-order valence-electron chi connectivity index (χ3n) is 1.31. The van der Waals surface area contributed by atoms with Crippen molar-refractivity contribution in [2.24, 2.45) is 5.73 Å². The summed E-state index contributed by atoms with van der Waals surface area (Å²) in [6, 6.07) is -1.96. The van der Waals surface area contributed by atoms with E-state index < -0.39 is 12.2 Å². The summed E-state index contributed by atoms with van der Waals surface area (Å²) >= 11 is 1.16. The molecule has 2 nitrogen and oxygen atoms in total. The predicted molar refractivity (Wildman–Crippen MR) is 39.8 cm³/mol. The van der Waals surface area contributed by atoms with Crippen LogP contribution in [-0.2, 0) is 0 Å². The molecule has 0 saturated carbocycles. The fourth-order valence-corrected chi connectivity index (χ4v) is 1.34. The number of thiazole rings is 1. The van der Waals surface area contributed by atoms with Crippen LogP contribution in [0.2, 0.25) is 0 Å². The van der Waals surface area contributed by atoms with Crippen molar-refractivity contribution in [3.8, 4) is 0 Å². The molecule has 1 atom stereocenters. The minimum absolute atomic E-state index is 0.106. The number of halogens is 3. The van der Waals surface area contributed by atoms with Gasteiger partial charge < -0.3 is 5.73 Å². The number of hydrogen-bond acceptors (Lipinski definition) is 3. The minimum atomic E-state index is -4.40.